The van der Waals surface area contributed by atoms with Gasteiger partial charge in [-0.05, 0) is 38.8 Å². The number of nitrogens with zero attached hydrogens (tertiary/aromatic N) is 2. The molecule has 3 heterocycles. The molecule has 3 saturated heterocycles. The molecule has 0 spiro atoms. The minimum absolute atomic E-state index is 0.553. The molecule has 2 N–H and O–H groups in total. The van der Waals surface area contributed by atoms with Gasteiger partial charge in [-0.1, -0.05) is 6.42 Å². The van der Waals surface area contributed by atoms with E-state index < -0.39 is 0 Å². The lowest BCUT2D eigenvalue weighted by molar-refractivity contribution is 0.121. The normalized spacial score (nSPS) is 35.8. The van der Waals surface area contributed by atoms with Crippen LogP contribution in [0.25, 0.3) is 0 Å². The summed E-state index contributed by atoms with van der Waals surface area (Å²) in [6.45, 7) is 7.76. The van der Waals surface area contributed by atoms with Gasteiger partial charge < -0.3 is 10.5 Å². The van der Waals surface area contributed by atoms with Gasteiger partial charge in [0.05, 0.1) is 6.61 Å². The number of likely N-dealkylation sites (tertiary alicyclic amines) is 2. The van der Waals surface area contributed by atoms with Crippen molar-refractivity contribution in [2.24, 2.45) is 11.7 Å². The monoisotopic (exact) mass is 267 g/mol. The van der Waals surface area contributed by atoms with Crippen LogP contribution in [0, 0.1) is 5.92 Å². The van der Waals surface area contributed by atoms with Crippen LogP contribution in [0.3, 0.4) is 0 Å². The molecule has 4 nitrogen and oxygen atoms in total. The lowest BCUT2D eigenvalue weighted by atomic mass is 9.98. The van der Waals surface area contributed by atoms with E-state index in [1.807, 2.05) is 0 Å². The molecule has 3 atom stereocenters. The average Bonchev–Trinajstić information content (AvgIpc) is 3.12. The van der Waals surface area contributed by atoms with Crippen LogP contribution >= 0.6 is 0 Å². The van der Waals surface area contributed by atoms with E-state index in [2.05, 4.69) is 9.80 Å². The first-order valence-electron chi connectivity index (χ1n) is 8.14. The molecule has 0 aliphatic carbocycles. The fourth-order valence-electron chi connectivity index (χ4n) is 4.15. The smallest absolute Gasteiger partial charge is 0.0510 e. The number of piperidine rings is 1. The van der Waals surface area contributed by atoms with E-state index in [-0.39, 0.29) is 0 Å². The zero-order valence-electron chi connectivity index (χ0n) is 12.1. The molecule has 19 heavy (non-hydrogen) atoms. The first kappa shape index (κ1) is 13.8. The van der Waals surface area contributed by atoms with Crippen molar-refractivity contribution in [3.63, 3.8) is 0 Å². The average molecular weight is 267 g/mol. The van der Waals surface area contributed by atoms with Crippen LogP contribution in [0.2, 0.25) is 0 Å². The van der Waals surface area contributed by atoms with Gasteiger partial charge >= 0.3 is 0 Å². The maximum Gasteiger partial charge on any atom is 0.0510 e. The number of rotatable bonds is 4. The maximum atomic E-state index is 6.05. The van der Waals surface area contributed by atoms with E-state index >= 15 is 0 Å². The van der Waals surface area contributed by atoms with E-state index in [1.165, 1.54) is 58.3 Å². The van der Waals surface area contributed by atoms with Gasteiger partial charge in [-0.15, -0.1) is 0 Å². The van der Waals surface area contributed by atoms with Crippen molar-refractivity contribution in [1.82, 2.24) is 9.80 Å². The molecule has 0 saturated carbocycles. The molecular weight excluding hydrogens is 238 g/mol. The number of hydrogen-bond donors (Lipinski definition) is 1. The van der Waals surface area contributed by atoms with Crippen molar-refractivity contribution >= 4 is 0 Å². The molecule has 0 radical (unpaired) electrons. The minimum Gasteiger partial charge on any atom is -0.381 e. The third-order valence-electron chi connectivity index (χ3n) is 5.32. The van der Waals surface area contributed by atoms with E-state index in [1.54, 1.807) is 0 Å². The summed E-state index contributed by atoms with van der Waals surface area (Å²) in [5.74, 6) is 0.671. The van der Waals surface area contributed by atoms with E-state index in [0.717, 1.165) is 25.8 Å². The Morgan fingerprint density at radius 3 is 2.63 bits per heavy atom. The summed E-state index contributed by atoms with van der Waals surface area (Å²) < 4.78 is 5.55. The SMILES string of the molecule is NCC(C1CCOC1)N1CCC(N2CCCCC2)C1. The molecule has 3 aliphatic rings. The van der Waals surface area contributed by atoms with Crippen LogP contribution in [0.1, 0.15) is 32.1 Å². The Kier molecular flexibility index (Phi) is 4.74. The highest BCUT2D eigenvalue weighted by molar-refractivity contribution is 4.91. The standard InChI is InChI=1S/C15H29N3O/c16-10-15(13-5-9-19-12-13)18-8-4-14(11-18)17-6-2-1-3-7-17/h13-15H,1-12,16H2. The van der Waals surface area contributed by atoms with Gasteiger partial charge in [0.1, 0.15) is 0 Å². The summed E-state index contributed by atoms with van der Waals surface area (Å²) in [6, 6.07) is 1.34. The van der Waals surface area contributed by atoms with Crippen LogP contribution in [0.4, 0.5) is 0 Å². The molecule has 0 bridgehead atoms. The Morgan fingerprint density at radius 1 is 1.11 bits per heavy atom. The lowest BCUT2D eigenvalue weighted by Gasteiger charge is -2.34. The van der Waals surface area contributed by atoms with Crippen molar-refractivity contribution in [2.75, 3.05) is 45.9 Å². The van der Waals surface area contributed by atoms with Gasteiger partial charge in [-0.2, -0.15) is 0 Å². The summed E-state index contributed by atoms with van der Waals surface area (Å²) in [5, 5.41) is 0. The number of nitrogens with two attached hydrogens (primary N) is 1. The van der Waals surface area contributed by atoms with Gasteiger partial charge in [0.2, 0.25) is 0 Å². The van der Waals surface area contributed by atoms with Crippen molar-refractivity contribution in [1.29, 1.82) is 0 Å². The Bertz CT molecular complexity index is 275. The molecule has 0 aromatic carbocycles. The summed E-state index contributed by atoms with van der Waals surface area (Å²) in [4.78, 5) is 5.38. The predicted octanol–water partition coefficient (Wildman–Crippen LogP) is 0.910. The second-order valence-corrected chi connectivity index (χ2v) is 6.46. The van der Waals surface area contributed by atoms with Crippen molar-refractivity contribution in [3.05, 3.63) is 0 Å². The fraction of sp³-hybridized carbons (Fsp3) is 1.00. The second kappa shape index (κ2) is 6.53. The second-order valence-electron chi connectivity index (χ2n) is 6.46. The molecule has 3 rings (SSSR count). The maximum absolute atomic E-state index is 6.05. The highest BCUT2D eigenvalue weighted by Crippen LogP contribution is 2.26. The zero-order chi connectivity index (χ0) is 13.1. The Balaban J connectivity index is 1.54. The highest BCUT2D eigenvalue weighted by Gasteiger charge is 2.35. The Hall–Kier alpha value is -0.160. The third-order valence-corrected chi connectivity index (χ3v) is 5.32. The third kappa shape index (κ3) is 3.13. The van der Waals surface area contributed by atoms with Gasteiger partial charge in [0.15, 0.2) is 0 Å². The molecule has 4 heteroatoms. The quantitative estimate of drug-likeness (QED) is 0.822. The Morgan fingerprint density at radius 2 is 1.95 bits per heavy atom. The first-order valence-corrected chi connectivity index (χ1v) is 8.14. The molecule has 3 unspecified atom stereocenters. The van der Waals surface area contributed by atoms with E-state index in [0.29, 0.717) is 12.0 Å². The minimum atomic E-state index is 0.553. The van der Waals surface area contributed by atoms with Crippen LogP contribution in [0.15, 0.2) is 0 Å². The van der Waals surface area contributed by atoms with Gasteiger partial charge in [0, 0.05) is 44.2 Å². The van der Waals surface area contributed by atoms with Crippen LogP contribution in [-0.4, -0.2) is 67.8 Å². The topological polar surface area (TPSA) is 41.7 Å². The summed E-state index contributed by atoms with van der Waals surface area (Å²) in [7, 11) is 0. The summed E-state index contributed by atoms with van der Waals surface area (Å²) in [5.41, 5.74) is 6.05. The summed E-state index contributed by atoms with van der Waals surface area (Å²) in [6.07, 6.45) is 6.76. The molecule has 110 valence electrons. The van der Waals surface area contributed by atoms with Crippen LogP contribution in [-0.2, 0) is 4.74 Å². The fourth-order valence-corrected chi connectivity index (χ4v) is 4.15. The van der Waals surface area contributed by atoms with Crippen molar-refractivity contribution in [2.45, 2.75) is 44.2 Å². The van der Waals surface area contributed by atoms with Crippen LogP contribution < -0.4 is 5.73 Å². The van der Waals surface area contributed by atoms with E-state index in [4.69, 9.17) is 10.5 Å². The Labute approximate surface area is 117 Å². The lowest BCUT2D eigenvalue weighted by Crippen LogP contribution is -2.47. The van der Waals surface area contributed by atoms with E-state index in [9.17, 15) is 0 Å². The molecule has 3 aliphatic heterocycles. The molecule has 0 amide bonds. The van der Waals surface area contributed by atoms with Gasteiger partial charge in [-0.25, -0.2) is 0 Å². The zero-order valence-corrected chi connectivity index (χ0v) is 12.1. The number of hydrogen-bond acceptors (Lipinski definition) is 4. The van der Waals surface area contributed by atoms with Gasteiger partial charge in [0.25, 0.3) is 0 Å². The number of ether oxygens (including phenoxy) is 1. The van der Waals surface area contributed by atoms with Crippen LogP contribution in [0.5, 0.6) is 0 Å². The predicted molar refractivity (Wildman–Crippen MR) is 77.2 cm³/mol. The molecular formula is C15H29N3O. The largest absolute Gasteiger partial charge is 0.381 e. The highest BCUT2D eigenvalue weighted by atomic mass is 16.5. The summed E-state index contributed by atoms with van der Waals surface area (Å²) >= 11 is 0. The molecule has 0 aromatic heterocycles. The first-order chi connectivity index (χ1) is 9.38. The van der Waals surface area contributed by atoms with Crippen molar-refractivity contribution < 1.29 is 4.74 Å². The van der Waals surface area contributed by atoms with Crippen molar-refractivity contribution in [3.8, 4) is 0 Å². The molecule has 3 fully saturated rings. The molecule has 0 aromatic rings. The van der Waals surface area contributed by atoms with Gasteiger partial charge in [-0.3, -0.25) is 9.80 Å².